The molecule has 4 rings (SSSR count). The summed E-state index contributed by atoms with van der Waals surface area (Å²) in [6.07, 6.45) is 1.31. The molecule has 0 saturated carbocycles. The van der Waals surface area contributed by atoms with Crippen LogP contribution in [0, 0.1) is 0 Å². The van der Waals surface area contributed by atoms with E-state index in [4.69, 9.17) is 14.2 Å². The molecule has 0 radical (unpaired) electrons. The molecule has 0 aliphatic carbocycles. The molecule has 0 aromatic heterocycles. The van der Waals surface area contributed by atoms with Gasteiger partial charge in [0.05, 0.1) is 13.5 Å². The summed E-state index contributed by atoms with van der Waals surface area (Å²) in [7, 11) is 1.64. The van der Waals surface area contributed by atoms with E-state index < -0.39 is 0 Å². The molecule has 1 saturated heterocycles. The standard InChI is InChI=1S/C21H23NO4S/c1-24-17-5-3-2-4-15(17)13-21(23)22-9-8-20(27-11-10-22)16-6-7-18-19(12-16)26-14-25-18/h2-7,12,20H,8-11,13-14H2,1H3/t20-/m1/s1. The van der Waals surface area contributed by atoms with Crippen LogP contribution >= 0.6 is 11.8 Å². The molecule has 2 aromatic carbocycles. The van der Waals surface area contributed by atoms with Crippen LogP contribution in [-0.2, 0) is 11.2 Å². The summed E-state index contributed by atoms with van der Waals surface area (Å²) in [4.78, 5) is 14.8. The molecule has 1 fully saturated rings. The van der Waals surface area contributed by atoms with Crippen LogP contribution in [0.1, 0.15) is 22.8 Å². The predicted molar refractivity (Wildman–Crippen MR) is 106 cm³/mol. The molecule has 6 heteroatoms. The number of hydrogen-bond acceptors (Lipinski definition) is 5. The van der Waals surface area contributed by atoms with E-state index in [0.29, 0.717) is 18.5 Å². The minimum Gasteiger partial charge on any atom is -0.496 e. The SMILES string of the molecule is COc1ccccc1CC(=O)N1CCS[C@@H](c2ccc3c(c2)OCO3)CC1. The number of ether oxygens (including phenoxy) is 3. The van der Waals surface area contributed by atoms with E-state index in [1.807, 2.05) is 47.0 Å². The highest BCUT2D eigenvalue weighted by Crippen LogP contribution is 2.40. The molecule has 2 aliphatic rings. The molecule has 2 heterocycles. The van der Waals surface area contributed by atoms with Gasteiger partial charge < -0.3 is 19.1 Å². The first-order valence-corrected chi connectivity index (χ1v) is 10.2. The number of methoxy groups -OCH3 is 1. The summed E-state index contributed by atoms with van der Waals surface area (Å²) in [6.45, 7) is 1.83. The van der Waals surface area contributed by atoms with Crippen molar-refractivity contribution in [1.29, 1.82) is 0 Å². The number of hydrogen-bond donors (Lipinski definition) is 0. The van der Waals surface area contributed by atoms with Crippen molar-refractivity contribution in [3.63, 3.8) is 0 Å². The fraction of sp³-hybridized carbons (Fsp3) is 0.381. The van der Waals surface area contributed by atoms with Crippen molar-refractivity contribution in [3.05, 3.63) is 53.6 Å². The molecule has 2 aromatic rings. The fourth-order valence-electron chi connectivity index (χ4n) is 3.52. The number of fused-ring (bicyclic) bond motifs is 1. The molecule has 142 valence electrons. The van der Waals surface area contributed by atoms with Crippen LogP contribution in [0.3, 0.4) is 0 Å². The van der Waals surface area contributed by atoms with Crippen LogP contribution < -0.4 is 14.2 Å². The van der Waals surface area contributed by atoms with Gasteiger partial charge in [-0.1, -0.05) is 24.3 Å². The molecule has 5 nitrogen and oxygen atoms in total. The molecule has 0 spiro atoms. The molecule has 0 unspecified atom stereocenters. The number of benzene rings is 2. The van der Waals surface area contributed by atoms with E-state index >= 15 is 0 Å². The highest BCUT2D eigenvalue weighted by atomic mass is 32.2. The molecule has 1 amide bonds. The summed E-state index contributed by atoms with van der Waals surface area (Å²) in [6, 6.07) is 13.9. The normalized spacial score (nSPS) is 18.9. The van der Waals surface area contributed by atoms with Crippen LogP contribution in [-0.4, -0.2) is 43.6 Å². The topological polar surface area (TPSA) is 48.0 Å². The van der Waals surface area contributed by atoms with E-state index in [-0.39, 0.29) is 5.91 Å². The average Bonchev–Trinajstić information content (AvgIpc) is 3.02. The molecule has 27 heavy (non-hydrogen) atoms. The number of amides is 1. The Morgan fingerprint density at radius 2 is 2.04 bits per heavy atom. The zero-order valence-corrected chi connectivity index (χ0v) is 16.2. The maximum Gasteiger partial charge on any atom is 0.231 e. The third-order valence-corrected chi connectivity index (χ3v) is 6.33. The third-order valence-electron chi connectivity index (χ3n) is 5.00. The second-order valence-corrected chi connectivity index (χ2v) is 7.94. The van der Waals surface area contributed by atoms with Gasteiger partial charge in [-0.15, -0.1) is 0 Å². The largest absolute Gasteiger partial charge is 0.496 e. The number of carbonyl (C=O) groups is 1. The van der Waals surface area contributed by atoms with Crippen LogP contribution in [0.4, 0.5) is 0 Å². The first-order chi connectivity index (χ1) is 13.2. The molecular formula is C21H23NO4S. The van der Waals surface area contributed by atoms with E-state index in [0.717, 1.165) is 48.1 Å². The highest BCUT2D eigenvalue weighted by Gasteiger charge is 2.24. The Morgan fingerprint density at radius 3 is 2.93 bits per heavy atom. The Labute approximate surface area is 163 Å². The number of rotatable bonds is 4. The number of thioether (sulfide) groups is 1. The molecule has 0 bridgehead atoms. The van der Waals surface area contributed by atoms with Crippen LogP contribution in [0.25, 0.3) is 0 Å². The monoisotopic (exact) mass is 385 g/mol. The lowest BCUT2D eigenvalue weighted by Gasteiger charge is -2.21. The van der Waals surface area contributed by atoms with Gasteiger partial charge in [-0.25, -0.2) is 0 Å². The lowest BCUT2D eigenvalue weighted by Crippen LogP contribution is -2.34. The summed E-state index contributed by atoms with van der Waals surface area (Å²) < 4.78 is 16.3. The Balaban J connectivity index is 1.40. The Bertz CT molecular complexity index is 826. The first kappa shape index (κ1) is 18.0. The van der Waals surface area contributed by atoms with Crippen LogP contribution in [0.5, 0.6) is 17.2 Å². The lowest BCUT2D eigenvalue weighted by atomic mass is 10.1. The van der Waals surface area contributed by atoms with Gasteiger partial charge in [0.2, 0.25) is 12.7 Å². The van der Waals surface area contributed by atoms with Gasteiger partial charge >= 0.3 is 0 Å². The minimum atomic E-state index is 0.159. The van der Waals surface area contributed by atoms with Gasteiger partial charge in [0.1, 0.15) is 5.75 Å². The van der Waals surface area contributed by atoms with Gasteiger partial charge in [0.25, 0.3) is 0 Å². The van der Waals surface area contributed by atoms with E-state index in [9.17, 15) is 4.79 Å². The summed E-state index contributed by atoms with van der Waals surface area (Å²) in [5, 5.41) is 0.364. The highest BCUT2D eigenvalue weighted by molar-refractivity contribution is 7.99. The van der Waals surface area contributed by atoms with Gasteiger partial charge in [-0.2, -0.15) is 11.8 Å². The van der Waals surface area contributed by atoms with Gasteiger partial charge in [-0.05, 0) is 30.2 Å². The first-order valence-electron chi connectivity index (χ1n) is 9.15. The van der Waals surface area contributed by atoms with Crippen LogP contribution in [0.15, 0.2) is 42.5 Å². The maximum atomic E-state index is 12.8. The number of para-hydroxylation sites is 1. The van der Waals surface area contributed by atoms with Crippen molar-refractivity contribution in [3.8, 4) is 17.2 Å². The van der Waals surface area contributed by atoms with Crippen LogP contribution in [0.2, 0.25) is 0 Å². The van der Waals surface area contributed by atoms with Gasteiger partial charge in [0.15, 0.2) is 11.5 Å². The fourth-order valence-corrected chi connectivity index (χ4v) is 4.74. The summed E-state index contributed by atoms with van der Waals surface area (Å²) in [5.41, 5.74) is 2.18. The smallest absolute Gasteiger partial charge is 0.231 e. The molecule has 0 N–H and O–H groups in total. The Morgan fingerprint density at radius 1 is 1.19 bits per heavy atom. The van der Waals surface area contributed by atoms with E-state index in [1.54, 1.807) is 7.11 Å². The van der Waals surface area contributed by atoms with Crippen molar-refractivity contribution >= 4 is 17.7 Å². The van der Waals surface area contributed by atoms with Crippen molar-refractivity contribution in [1.82, 2.24) is 4.90 Å². The zero-order valence-electron chi connectivity index (χ0n) is 15.3. The van der Waals surface area contributed by atoms with Gasteiger partial charge in [0, 0.05) is 29.7 Å². The average molecular weight is 385 g/mol. The lowest BCUT2D eigenvalue weighted by molar-refractivity contribution is -0.130. The van der Waals surface area contributed by atoms with Gasteiger partial charge in [-0.3, -0.25) is 4.79 Å². The Hall–Kier alpha value is -2.34. The third kappa shape index (κ3) is 4.00. The predicted octanol–water partition coefficient (Wildman–Crippen LogP) is 3.67. The zero-order chi connectivity index (χ0) is 18.6. The molecule has 2 aliphatic heterocycles. The van der Waals surface area contributed by atoms with Crippen molar-refractivity contribution in [2.24, 2.45) is 0 Å². The van der Waals surface area contributed by atoms with Crippen molar-refractivity contribution in [2.75, 3.05) is 32.7 Å². The van der Waals surface area contributed by atoms with E-state index in [2.05, 4.69) is 12.1 Å². The quantitative estimate of drug-likeness (QED) is 0.804. The second kappa shape index (κ2) is 8.13. The Kier molecular flexibility index (Phi) is 5.43. The molecular weight excluding hydrogens is 362 g/mol. The van der Waals surface area contributed by atoms with E-state index in [1.165, 1.54) is 5.56 Å². The van der Waals surface area contributed by atoms with Crippen molar-refractivity contribution < 1.29 is 19.0 Å². The maximum absolute atomic E-state index is 12.8. The summed E-state index contributed by atoms with van der Waals surface area (Å²) >= 11 is 1.90. The van der Waals surface area contributed by atoms with Crippen molar-refractivity contribution in [2.45, 2.75) is 18.1 Å². The second-order valence-electron chi connectivity index (χ2n) is 6.63. The number of carbonyl (C=O) groups excluding carboxylic acids is 1. The minimum absolute atomic E-state index is 0.159. The number of nitrogens with zero attached hydrogens (tertiary/aromatic N) is 1. The summed E-state index contributed by atoms with van der Waals surface area (Å²) in [5.74, 6) is 3.49. The molecule has 1 atom stereocenters.